The second-order valence-corrected chi connectivity index (χ2v) is 4.92. The highest BCUT2D eigenvalue weighted by molar-refractivity contribution is 9.10. The van der Waals surface area contributed by atoms with Crippen molar-refractivity contribution in [2.24, 2.45) is 12.2 Å². The Hall–Kier alpha value is -1.95. The largest absolute Gasteiger partial charge is 0.387 e. The molecule has 0 unspecified atom stereocenters. The van der Waals surface area contributed by atoms with Crippen molar-refractivity contribution in [1.82, 2.24) is 14.9 Å². The highest BCUT2D eigenvalue weighted by Gasteiger charge is 2.13. The van der Waals surface area contributed by atoms with Crippen LogP contribution in [0.5, 0.6) is 0 Å². The van der Waals surface area contributed by atoms with Crippen molar-refractivity contribution >= 4 is 38.2 Å². The molecule has 1 N–H and O–H groups in total. The molecule has 0 saturated carbocycles. The highest BCUT2D eigenvalue weighted by Crippen LogP contribution is 2.31. The zero-order chi connectivity index (χ0) is 16.0. The molecule has 1 heterocycles. The molecule has 0 aliphatic rings. The molecule has 2 rings (SSSR count). The first-order valence-electron chi connectivity index (χ1n) is 6.60. The van der Waals surface area contributed by atoms with Crippen molar-refractivity contribution in [3.63, 3.8) is 0 Å². The van der Waals surface area contributed by atoms with Gasteiger partial charge in [-0.2, -0.15) is 0 Å². The van der Waals surface area contributed by atoms with Crippen LogP contribution < -0.4 is 5.32 Å². The second kappa shape index (κ2) is 7.73. The number of fused-ring (bicyclic) bond motifs is 1. The third-order valence-corrected chi connectivity index (χ3v) is 3.46. The van der Waals surface area contributed by atoms with Crippen LogP contribution in [0.3, 0.4) is 0 Å². The van der Waals surface area contributed by atoms with Crippen LogP contribution in [-0.4, -0.2) is 16.1 Å². The van der Waals surface area contributed by atoms with Gasteiger partial charge in [-0.1, -0.05) is 27.0 Å². The maximum atomic E-state index is 10.7. The van der Waals surface area contributed by atoms with Crippen molar-refractivity contribution in [1.29, 1.82) is 0 Å². The summed E-state index contributed by atoms with van der Waals surface area (Å²) in [5.41, 5.74) is 2.83. The van der Waals surface area contributed by atoms with E-state index in [0.717, 1.165) is 22.4 Å². The number of benzene rings is 1. The molecule has 0 atom stereocenters. The topological polar surface area (TPSA) is 59.3 Å². The molecule has 0 spiro atoms. The molecule has 112 valence electrons. The summed E-state index contributed by atoms with van der Waals surface area (Å²) >= 11 is 3.30. The summed E-state index contributed by atoms with van der Waals surface area (Å²) in [4.78, 5) is 15.2. The number of nitrogens with zero attached hydrogens (tertiary/aromatic N) is 3. The van der Waals surface area contributed by atoms with Crippen molar-refractivity contribution in [2.75, 3.05) is 6.54 Å². The number of halogens is 1. The Labute approximate surface area is 132 Å². The van der Waals surface area contributed by atoms with Gasteiger partial charge in [-0.15, -0.1) is 4.91 Å². The number of aromatic nitrogens is 2. The Balaban J connectivity index is 0.00000106. The van der Waals surface area contributed by atoms with E-state index in [1.165, 1.54) is 0 Å². The molecule has 0 fully saturated rings. The van der Waals surface area contributed by atoms with Crippen LogP contribution in [0.1, 0.15) is 19.7 Å². The number of aryl methyl sites for hydroxylation is 1. The molecular weight excluding hydrogens is 332 g/mol. The van der Waals surface area contributed by atoms with Crippen molar-refractivity contribution < 1.29 is 0 Å². The molecule has 0 bridgehead atoms. The lowest BCUT2D eigenvalue weighted by Gasteiger charge is -2.05. The van der Waals surface area contributed by atoms with E-state index in [2.05, 4.69) is 44.6 Å². The average Bonchev–Trinajstić information content (AvgIpc) is 2.82. The number of imidazole rings is 1. The fraction of sp³-hybridized carbons (Fsp3) is 0.267. The van der Waals surface area contributed by atoms with Gasteiger partial charge in [0.05, 0.1) is 11.0 Å². The zero-order valence-electron chi connectivity index (χ0n) is 12.5. The first-order valence-corrected chi connectivity index (χ1v) is 7.39. The van der Waals surface area contributed by atoms with Crippen LogP contribution in [0, 0.1) is 4.91 Å². The standard InChI is InChI=1S/C13H13BrN4O.C2H6/c1-4-15-7-8(2)13-16-11-5-9(14)10(17-19)6-12(11)18(13)3;1-2/h4-6,15H,1-2,7H2,3H3;1-2H3. The van der Waals surface area contributed by atoms with Crippen molar-refractivity contribution in [3.05, 3.63) is 46.7 Å². The van der Waals surface area contributed by atoms with Gasteiger partial charge in [-0.05, 0) is 39.4 Å². The van der Waals surface area contributed by atoms with Gasteiger partial charge in [-0.25, -0.2) is 4.98 Å². The summed E-state index contributed by atoms with van der Waals surface area (Å²) in [7, 11) is 1.88. The summed E-state index contributed by atoms with van der Waals surface area (Å²) in [6.45, 7) is 12.2. The molecule has 0 aliphatic carbocycles. The molecule has 0 radical (unpaired) electrons. The van der Waals surface area contributed by atoms with Gasteiger partial charge in [0, 0.05) is 23.6 Å². The highest BCUT2D eigenvalue weighted by atomic mass is 79.9. The number of nitrogens with one attached hydrogen (secondary N) is 1. The van der Waals surface area contributed by atoms with E-state index in [0.29, 0.717) is 16.7 Å². The van der Waals surface area contributed by atoms with Crippen LogP contribution >= 0.6 is 15.9 Å². The fourth-order valence-electron chi connectivity index (χ4n) is 1.86. The van der Waals surface area contributed by atoms with Crippen LogP contribution in [0.2, 0.25) is 0 Å². The Bertz CT molecular complexity index is 676. The minimum Gasteiger partial charge on any atom is -0.387 e. The van der Waals surface area contributed by atoms with E-state index in [4.69, 9.17) is 0 Å². The van der Waals surface area contributed by atoms with Gasteiger partial charge in [0.2, 0.25) is 0 Å². The quantitative estimate of drug-likeness (QED) is 0.807. The molecule has 21 heavy (non-hydrogen) atoms. The van der Waals surface area contributed by atoms with Gasteiger partial charge in [0.1, 0.15) is 11.5 Å². The number of hydrogen-bond donors (Lipinski definition) is 1. The van der Waals surface area contributed by atoms with Crippen molar-refractivity contribution in [2.45, 2.75) is 13.8 Å². The van der Waals surface area contributed by atoms with Gasteiger partial charge >= 0.3 is 0 Å². The Morgan fingerprint density at radius 3 is 2.76 bits per heavy atom. The molecule has 1 aromatic heterocycles. The molecule has 5 nitrogen and oxygen atoms in total. The summed E-state index contributed by atoms with van der Waals surface area (Å²) in [5, 5.41) is 5.96. The molecule has 6 heteroatoms. The molecule has 0 aliphatic heterocycles. The van der Waals surface area contributed by atoms with Crippen LogP contribution in [0.4, 0.5) is 5.69 Å². The lowest BCUT2D eigenvalue weighted by Crippen LogP contribution is -2.10. The van der Waals surface area contributed by atoms with E-state index in [-0.39, 0.29) is 0 Å². The summed E-state index contributed by atoms with van der Waals surface area (Å²) in [6, 6.07) is 3.49. The fourth-order valence-corrected chi connectivity index (χ4v) is 2.27. The first-order chi connectivity index (χ1) is 10.1. The minimum absolute atomic E-state index is 0.358. The van der Waals surface area contributed by atoms with Crippen molar-refractivity contribution in [3.8, 4) is 0 Å². The van der Waals surface area contributed by atoms with Crippen LogP contribution in [0.15, 0.2) is 41.1 Å². The average molecular weight is 351 g/mol. The van der Waals surface area contributed by atoms with E-state index in [9.17, 15) is 4.91 Å². The van der Waals surface area contributed by atoms with Crippen LogP contribution in [0.25, 0.3) is 16.6 Å². The monoisotopic (exact) mass is 350 g/mol. The second-order valence-electron chi connectivity index (χ2n) is 4.07. The summed E-state index contributed by atoms with van der Waals surface area (Å²) in [5.74, 6) is 0.763. The summed E-state index contributed by atoms with van der Waals surface area (Å²) < 4.78 is 2.53. The van der Waals surface area contributed by atoms with Crippen LogP contribution in [-0.2, 0) is 7.05 Å². The molecule has 0 saturated heterocycles. The molecule has 2 aromatic rings. The minimum atomic E-state index is 0.358. The predicted octanol–water partition coefficient (Wildman–Crippen LogP) is 4.51. The Kier molecular flexibility index (Phi) is 6.30. The third-order valence-electron chi connectivity index (χ3n) is 2.82. The lowest BCUT2D eigenvalue weighted by atomic mass is 10.3. The normalized spacial score (nSPS) is 9.71. The predicted molar refractivity (Wildman–Crippen MR) is 92.5 cm³/mol. The zero-order valence-corrected chi connectivity index (χ0v) is 14.1. The van der Waals surface area contributed by atoms with E-state index >= 15 is 0 Å². The van der Waals surface area contributed by atoms with E-state index < -0.39 is 0 Å². The first kappa shape index (κ1) is 17.1. The van der Waals surface area contributed by atoms with E-state index in [1.54, 1.807) is 18.3 Å². The third kappa shape index (κ3) is 3.58. The van der Waals surface area contributed by atoms with Gasteiger partial charge in [0.25, 0.3) is 0 Å². The number of hydrogen-bond acceptors (Lipinski definition) is 4. The van der Waals surface area contributed by atoms with E-state index in [1.807, 2.05) is 25.5 Å². The number of rotatable bonds is 5. The maximum absolute atomic E-state index is 10.7. The molecule has 0 amide bonds. The number of nitroso groups, excluding NO2 is 1. The Morgan fingerprint density at radius 1 is 1.52 bits per heavy atom. The molecule has 1 aromatic carbocycles. The Morgan fingerprint density at radius 2 is 2.19 bits per heavy atom. The SMILES string of the molecule is C=CNCC(=C)c1nc2cc(Br)c(N=O)cc2n1C.CC. The lowest BCUT2D eigenvalue weighted by molar-refractivity contribution is 0.897. The molecular formula is C15H19BrN4O. The smallest absolute Gasteiger partial charge is 0.137 e. The summed E-state index contributed by atoms with van der Waals surface area (Å²) in [6.07, 6.45) is 1.61. The van der Waals surface area contributed by atoms with Gasteiger partial charge < -0.3 is 9.88 Å². The van der Waals surface area contributed by atoms with Gasteiger partial charge in [-0.3, -0.25) is 0 Å². The van der Waals surface area contributed by atoms with Gasteiger partial charge in [0.15, 0.2) is 0 Å². The maximum Gasteiger partial charge on any atom is 0.137 e.